The van der Waals surface area contributed by atoms with Crippen LogP contribution in [0.5, 0.6) is 0 Å². The van der Waals surface area contributed by atoms with Crippen LogP contribution in [-0.2, 0) is 13.5 Å². The molecule has 0 atom stereocenters. The van der Waals surface area contributed by atoms with E-state index >= 15 is 0 Å². The molecule has 0 spiro atoms. The molecule has 0 N–H and O–H groups in total. The standard InChI is InChI=1S/C14H23BrN4O/c1-4-11-13(15)14(16-18(11)3)12(20)5-6-19-9-7-17(2)8-10-19/h4-10H2,1-3H3. The van der Waals surface area contributed by atoms with Gasteiger partial charge in [0, 0.05) is 46.2 Å². The van der Waals surface area contributed by atoms with Crippen molar-refractivity contribution in [2.45, 2.75) is 19.8 Å². The van der Waals surface area contributed by atoms with Crippen LogP contribution in [0.3, 0.4) is 0 Å². The van der Waals surface area contributed by atoms with Crippen LogP contribution in [0.1, 0.15) is 29.5 Å². The van der Waals surface area contributed by atoms with Crippen LogP contribution in [0, 0.1) is 0 Å². The van der Waals surface area contributed by atoms with Crippen LogP contribution in [0.15, 0.2) is 4.47 Å². The molecule has 1 aromatic rings. The molecule has 2 heterocycles. The number of halogens is 1. The first kappa shape index (κ1) is 15.7. The summed E-state index contributed by atoms with van der Waals surface area (Å²) in [5.74, 6) is 0.131. The Bertz CT molecular complexity index is 478. The average Bonchev–Trinajstić information content (AvgIpc) is 2.72. The lowest BCUT2D eigenvalue weighted by atomic mass is 10.2. The lowest BCUT2D eigenvalue weighted by molar-refractivity contribution is 0.0935. The van der Waals surface area contributed by atoms with Crippen LogP contribution in [0.4, 0.5) is 0 Å². The highest BCUT2D eigenvalue weighted by atomic mass is 79.9. The molecular weight excluding hydrogens is 320 g/mol. The number of aryl methyl sites for hydroxylation is 1. The van der Waals surface area contributed by atoms with E-state index in [0.717, 1.165) is 49.3 Å². The van der Waals surface area contributed by atoms with Gasteiger partial charge >= 0.3 is 0 Å². The van der Waals surface area contributed by atoms with Gasteiger partial charge in [-0.2, -0.15) is 5.10 Å². The van der Waals surface area contributed by atoms with Crippen LogP contribution in [0.2, 0.25) is 0 Å². The van der Waals surface area contributed by atoms with E-state index in [1.54, 1.807) is 4.68 Å². The van der Waals surface area contributed by atoms with Gasteiger partial charge in [-0.3, -0.25) is 9.48 Å². The number of aromatic nitrogens is 2. The number of nitrogens with zero attached hydrogens (tertiary/aromatic N) is 4. The lowest BCUT2D eigenvalue weighted by Gasteiger charge is -2.32. The Morgan fingerprint density at radius 1 is 1.25 bits per heavy atom. The van der Waals surface area contributed by atoms with Crippen LogP contribution in [-0.4, -0.2) is 65.1 Å². The molecular formula is C14H23BrN4O. The molecule has 1 fully saturated rings. The summed E-state index contributed by atoms with van der Waals surface area (Å²) in [5, 5.41) is 4.35. The van der Waals surface area contributed by atoms with Crippen molar-refractivity contribution in [2.24, 2.45) is 7.05 Å². The van der Waals surface area contributed by atoms with Gasteiger partial charge in [-0.05, 0) is 29.4 Å². The highest BCUT2D eigenvalue weighted by Gasteiger charge is 2.20. The van der Waals surface area contributed by atoms with Crippen molar-refractivity contribution in [1.29, 1.82) is 0 Å². The fourth-order valence-electron chi connectivity index (χ4n) is 2.54. The molecule has 0 unspecified atom stereocenters. The van der Waals surface area contributed by atoms with E-state index in [0.29, 0.717) is 12.1 Å². The molecule has 1 saturated heterocycles. The van der Waals surface area contributed by atoms with E-state index in [1.807, 2.05) is 7.05 Å². The van der Waals surface area contributed by atoms with Crippen molar-refractivity contribution >= 4 is 21.7 Å². The van der Waals surface area contributed by atoms with Crippen molar-refractivity contribution in [3.63, 3.8) is 0 Å². The predicted molar refractivity (Wildman–Crippen MR) is 83.2 cm³/mol. The first-order valence-corrected chi connectivity index (χ1v) is 7.97. The number of piperazine rings is 1. The van der Waals surface area contributed by atoms with E-state index in [4.69, 9.17) is 0 Å². The van der Waals surface area contributed by atoms with E-state index < -0.39 is 0 Å². The summed E-state index contributed by atoms with van der Waals surface area (Å²) in [7, 11) is 4.03. The van der Waals surface area contributed by atoms with Gasteiger partial charge in [0.25, 0.3) is 0 Å². The van der Waals surface area contributed by atoms with Crippen molar-refractivity contribution in [2.75, 3.05) is 39.8 Å². The minimum Gasteiger partial charge on any atom is -0.304 e. The van der Waals surface area contributed by atoms with Gasteiger partial charge in [0.05, 0.1) is 10.2 Å². The first-order chi connectivity index (χ1) is 9.52. The number of ketones is 1. The molecule has 1 aliphatic heterocycles. The average molecular weight is 343 g/mol. The topological polar surface area (TPSA) is 41.4 Å². The van der Waals surface area contributed by atoms with E-state index in [9.17, 15) is 4.79 Å². The molecule has 0 aliphatic carbocycles. The summed E-state index contributed by atoms with van der Waals surface area (Å²) < 4.78 is 2.67. The molecule has 6 heteroatoms. The normalized spacial score (nSPS) is 17.6. The van der Waals surface area contributed by atoms with Gasteiger partial charge in [-0.1, -0.05) is 6.92 Å². The SMILES string of the molecule is CCc1c(Br)c(C(=O)CCN2CCN(C)CC2)nn1C. The molecule has 20 heavy (non-hydrogen) atoms. The molecule has 0 aromatic carbocycles. The Morgan fingerprint density at radius 2 is 1.90 bits per heavy atom. The third-order valence-corrected chi connectivity index (χ3v) is 4.79. The maximum Gasteiger partial charge on any atom is 0.185 e. The summed E-state index contributed by atoms with van der Waals surface area (Å²) >= 11 is 3.51. The zero-order chi connectivity index (χ0) is 14.7. The van der Waals surface area contributed by atoms with Gasteiger partial charge in [-0.25, -0.2) is 0 Å². The Morgan fingerprint density at radius 3 is 2.45 bits per heavy atom. The second-order valence-corrected chi connectivity index (χ2v) is 6.20. The Balaban J connectivity index is 1.92. The van der Waals surface area contributed by atoms with Gasteiger partial charge in [0.2, 0.25) is 0 Å². The van der Waals surface area contributed by atoms with Crippen LogP contribution >= 0.6 is 15.9 Å². The van der Waals surface area contributed by atoms with Gasteiger partial charge in [0.15, 0.2) is 5.78 Å². The number of carbonyl (C=O) groups is 1. The molecule has 5 nitrogen and oxygen atoms in total. The number of Topliss-reactive ketones (excluding diaryl/α,β-unsaturated/α-hetero) is 1. The van der Waals surface area contributed by atoms with Crippen LogP contribution in [0.25, 0.3) is 0 Å². The summed E-state index contributed by atoms with van der Waals surface area (Å²) in [6.07, 6.45) is 1.41. The fourth-order valence-corrected chi connectivity index (χ4v) is 3.38. The molecule has 112 valence electrons. The second-order valence-electron chi connectivity index (χ2n) is 5.40. The third kappa shape index (κ3) is 3.48. The zero-order valence-electron chi connectivity index (χ0n) is 12.5. The summed E-state index contributed by atoms with van der Waals surface area (Å²) in [5.41, 5.74) is 1.66. The number of rotatable bonds is 5. The quantitative estimate of drug-likeness (QED) is 0.761. The molecule has 0 radical (unpaired) electrons. The number of likely N-dealkylation sites (N-methyl/N-ethyl adjacent to an activating group) is 1. The molecule has 1 aliphatic rings. The lowest BCUT2D eigenvalue weighted by Crippen LogP contribution is -2.45. The first-order valence-electron chi connectivity index (χ1n) is 7.18. The van der Waals surface area contributed by atoms with Gasteiger partial charge < -0.3 is 9.80 Å². The summed E-state index contributed by atoms with van der Waals surface area (Å²) in [6.45, 7) is 7.17. The Hall–Kier alpha value is -0.720. The monoisotopic (exact) mass is 342 g/mol. The maximum absolute atomic E-state index is 12.3. The molecule has 2 rings (SSSR count). The van der Waals surface area contributed by atoms with E-state index in [-0.39, 0.29) is 5.78 Å². The van der Waals surface area contributed by atoms with Crippen molar-refractivity contribution < 1.29 is 4.79 Å². The van der Waals surface area contributed by atoms with Gasteiger partial charge in [-0.15, -0.1) is 0 Å². The van der Waals surface area contributed by atoms with E-state index in [2.05, 4.69) is 44.8 Å². The maximum atomic E-state index is 12.3. The van der Waals surface area contributed by atoms with Crippen molar-refractivity contribution in [3.05, 3.63) is 15.9 Å². The summed E-state index contributed by atoms with van der Waals surface area (Å²) in [4.78, 5) is 17.0. The molecule has 1 aromatic heterocycles. The molecule has 0 saturated carbocycles. The number of carbonyl (C=O) groups excluding carboxylic acids is 1. The highest BCUT2D eigenvalue weighted by molar-refractivity contribution is 9.10. The largest absolute Gasteiger partial charge is 0.304 e. The molecule has 0 bridgehead atoms. The highest BCUT2D eigenvalue weighted by Crippen LogP contribution is 2.22. The second kappa shape index (κ2) is 6.83. The summed E-state index contributed by atoms with van der Waals surface area (Å²) in [6, 6.07) is 0. The minimum absolute atomic E-state index is 0.131. The number of hydrogen-bond acceptors (Lipinski definition) is 4. The number of hydrogen-bond donors (Lipinski definition) is 0. The van der Waals surface area contributed by atoms with Gasteiger partial charge in [0.1, 0.15) is 5.69 Å². The smallest absolute Gasteiger partial charge is 0.185 e. The predicted octanol–water partition coefficient (Wildman–Crippen LogP) is 1.57. The Labute approximate surface area is 129 Å². The zero-order valence-corrected chi connectivity index (χ0v) is 14.1. The van der Waals surface area contributed by atoms with E-state index in [1.165, 1.54) is 0 Å². The third-order valence-electron chi connectivity index (χ3n) is 3.95. The minimum atomic E-state index is 0.131. The Kier molecular flexibility index (Phi) is 5.35. The molecule has 0 amide bonds. The van der Waals surface area contributed by atoms with Crippen molar-refractivity contribution in [1.82, 2.24) is 19.6 Å². The van der Waals surface area contributed by atoms with Crippen molar-refractivity contribution in [3.8, 4) is 0 Å². The fraction of sp³-hybridized carbons (Fsp3) is 0.714. The van der Waals surface area contributed by atoms with Crippen LogP contribution < -0.4 is 0 Å².